The van der Waals surface area contributed by atoms with Gasteiger partial charge in [-0.1, -0.05) is 18.2 Å². The summed E-state index contributed by atoms with van der Waals surface area (Å²) < 4.78 is 33.5. The average molecular weight is 491 g/mol. The minimum absolute atomic E-state index is 0.0658. The van der Waals surface area contributed by atoms with Crippen LogP contribution in [0.1, 0.15) is 29.9 Å². The van der Waals surface area contributed by atoms with Crippen LogP contribution >= 0.6 is 15.9 Å². The SMILES string of the molecule is CC(C)OC(=O)c1c(Br)cc2n1CCc1cc(S(=O)(=O)c3ccccc3)c(=O)[nH]c1-2. The summed E-state index contributed by atoms with van der Waals surface area (Å²) in [5.74, 6) is -0.461. The zero-order chi connectivity index (χ0) is 21.6. The number of ether oxygens (including phenoxy) is 1. The maximum Gasteiger partial charge on any atom is 0.356 e. The van der Waals surface area contributed by atoms with Crippen molar-refractivity contribution >= 4 is 31.7 Å². The van der Waals surface area contributed by atoms with E-state index in [1.54, 1.807) is 42.7 Å². The van der Waals surface area contributed by atoms with Gasteiger partial charge >= 0.3 is 5.97 Å². The number of pyridine rings is 1. The minimum Gasteiger partial charge on any atom is -0.458 e. The zero-order valence-corrected chi connectivity index (χ0v) is 18.7. The number of carbonyl (C=O) groups excluding carboxylic acids is 1. The molecule has 2 aromatic heterocycles. The molecule has 7 nitrogen and oxygen atoms in total. The fraction of sp³-hybridized carbons (Fsp3) is 0.238. The van der Waals surface area contributed by atoms with E-state index in [1.807, 2.05) is 0 Å². The van der Waals surface area contributed by atoms with Crippen molar-refractivity contribution in [3.8, 4) is 11.4 Å². The molecule has 1 N–H and O–H groups in total. The molecule has 4 rings (SSSR count). The largest absolute Gasteiger partial charge is 0.458 e. The molecule has 1 aliphatic rings. The number of fused-ring (bicyclic) bond motifs is 3. The monoisotopic (exact) mass is 490 g/mol. The molecule has 3 heterocycles. The fourth-order valence-electron chi connectivity index (χ4n) is 3.57. The first-order chi connectivity index (χ1) is 14.2. The molecule has 0 saturated heterocycles. The lowest BCUT2D eigenvalue weighted by Crippen LogP contribution is -2.24. The summed E-state index contributed by atoms with van der Waals surface area (Å²) in [5, 5.41) is 0. The molecule has 30 heavy (non-hydrogen) atoms. The molecule has 0 unspecified atom stereocenters. The lowest BCUT2D eigenvalue weighted by Gasteiger charge is -2.21. The van der Waals surface area contributed by atoms with Gasteiger partial charge in [-0.3, -0.25) is 4.79 Å². The van der Waals surface area contributed by atoms with Crippen LogP contribution in [0, 0.1) is 0 Å². The third-order valence-corrected chi connectivity index (χ3v) is 7.26. The van der Waals surface area contributed by atoms with Crippen LogP contribution in [0.4, 0.5) is 0 Å². The van der Waals surface area contributed by atoms with Crippen LogP contribution in [0.15, 0.2) is 61.5 Å². The van der Waals surface area contributed by atoms with E-state index in [0.29, 0.717) is 40.1 Å². The Kier molecular flexibility index (Phi) is 5.19. The van der Waals surface area contributed by atoms with Gasteiger partial charge in [-0.2, -0.15) is 0 Å². The molecule has 9 heteroatoms. The average Bonchev–Trinajstić information content (AvgIpc) is 3.04. The molecule has 0 radical (unpaired) electrons. The molecular weight excluding hydrogens is 472 g/mol. The first kappa shape index (κ1) is 20.6. The highest BCUT2D eigenvalue weighted by Crippen LogP contribution is 2.35. The van der Waals surface area contributed by atoms with E-state index < -0.39 is 21.4 Å². The highest BCUT2D eigenvalue weighted by molar-refractivity contribution is 9.10. The maximum absolute atomic E-state index is 12.9. The van der Waals surface area contributed by atoms with Crippen molar-refractivity contribution in [2.24, 2.45) is 0 Å². The first-order valence-corrected chi connectivity index (χ1v) is 11.6. The predicted molar refractivity (Wildman–Crippen MR) is 114 cm³/mol. The van der Waals surface area contributed by atoms with Crippen LogP contribution in [-0.2, 0) is 27.5 Å². The van der Waals surface area contributed by atoms with Crippen molar-refractivity contribution in [1.29, 1.82) is 0 Å². The number of carbonyl (C=O) groups is 1. The third kappa shape index (κ3) is 3.41. The van der Waals surface area contributed by atoms with Gasteiger partial charge in [-0.15, -0.1) is 0 Å². The standard InChI is InChI=1S/C21H19BrN2O5S/c1-12(2)29-21(26)19-15(22)11-16-18-13(8-9-24(16)19)10-17(20(25)23-18)30(27,28)14-6-4-3-5-7-14/h3-7,10-12H,8-9H2,1-2H3,(H,23,25). The number of aromatic amines is 1. The Morgan fingerprint density at radius 1 is 1.20 bits per heavy atom. The summed E-state index contributed by atoms with van der Waals surface area (Å²) in [6.45, 7) is 3.99. The second kappa shape index (κ2) is 7.55. The number of hydrogen-bond acceptors (Lipinski definition) is 5. The Hall–Kier alpha value is -2.65. The van der Waals surface area contributed by atoms with Crippen molar-refractivity contribution in [3.63, 3.8) is 0 Å². The summed E-state index contributed by atoms with van der Waals surface area (Å²) >= 11 is 3.41. The summed E-state index contributed by atoms with van der Waals surface area (Å²) in [4.78, 5) is 27.8. The quantitative estimate of drug-likeness (QED) is 0.563. The van der Waals surface area contributed by atoms with Crippen LogP contribution in [0.5, 0.6) is 0 Å². The van der Waals surface area contributed by atoms with Gasteiger partial charge in [0.1, 0.15) is 10.6 Å². The van der Waals surface area contributed by atoms with E-state index in [4.69, 9.17) is 4.74 Å². The Morgan fingerprint density at radius 3 is 2.57 bits per heavy atom. The molecule has 0 fully saturated rings. The number of nitrogens with one attached hydrogen (secondary N) is 1. The fourth-order valence-corrected chi connectivity index (χ4v) is 5.52. The van der Waals surface area contributed by atoms with Gasteiger partial charge < -0.3 is 14.3 Å². The highest BCUT2D eigenvalue weighted by atomic mass is 79.9. The number of benzene rings is 1. The molecule has 0 spiro atoms. The number of aromatic nitrogens is 2. The summed E-state index contributed by atoms with van der Waals surface area (Å²) in [7, 11) is -3.94. The Balaban J connectivity index is 1.83. The lowest BCUT2D eigenvalue weighted by molar-refractivity contribution is 0.0364. The number of esters is 1. The third-order valence-electron chi connectivity index (χ3n) is 4.88. The van der Waals surface area contributed by atoms with Crippen LogP contribution in [0.3, 0.4) is 0 Å². The topological polar surface area (TPSA) is 98.2 Å². The minimum atomic E-state index is -3.94. The van der Waals surface area contributed by atoms with Gasteiger partial charge in [0.15, 0.2) is 0 Å². The van der Waals surface area contributed by atoms with E-state index >= 15 is 0 Å². The number of sulfone groups is 1. The van der Waals surface area contributed by atoms with Crippen molar-refractivity contribution in [2.45, 2.75) is 42.7 Å². The molecule has 0 amide bonds. The van der Waals surface area contributed by atoms with Crippen molar-refractivity contribution in [2.75, 3.05) is 0 Å². The van der Waals surface area contributed by atoms with Gasteiger partial charge in [0.25, 0.3) is 5.56 Å². The van der Waals surface area contributed by atoms with E-state index in [0.717, 1.165) is 0 Å². The number of hydrogen-bond donors (Lipinski definition) is 1. The van der Waals surface area contributed by atoms with Crippen LogP contribution in [0.2, 0.25) is 0 Å². The van der Waals surface area contributed by atoms with E-state index in [-0.39, 0.29) is 15.9 Å². The van der Waals surface area contributed by atoms with Gasteiger partial charge in [0, 0.05) is 6.54 Å². The second-order valence-corrected chi connectivity index (χ2v) is 10.0. The van der Waals surface area contributed by atoms with Crippen molar-refractivity contribution < 1.29 is 17.9 Å². The molecule has 3 aromatic rings. The molecule has 0 bridgehead atoms. The number of nitrogens with zero attached hydrogens (tertiary/aromatic N) is 1. The van der Waals surface area contributed by atoms with Crippen molar-refractivity contribution in [1.82, 2.24) is 9.55 Å². The van der Waals surface area contributed by atoms with Gasteiger partial charge in [-0.05, 0) is 66.0 Å². The summed E-state index contributed by atoms with van der Waals surface area (Å²) in [6.07, 6.45) is 0.191. The first-order valence-electron chi connectivity index (χ1n) is 9.37. The van der Waals surface area contributed by atoms with Gasteiger partial charge in [0.2, 0.25) is 9.84 Å². The second-order valence-electron chi connectivity index (χ2n) is 7.26. The van der Waals surface area contributed by atoms with E-state index in [9.17, 15) is 18.0 Å². The van der Waals surface area contributed by atoms with E-state index in [1.165, 1.54) is 18.2 Å². The number of H-pyrrole nitrogens is 1. The normalized spacial score (nSPS) is 13.1. The van der Waals surface area contributed by atoms with E-state index in [2.05, 4.69) is 20.9 Å². The van der Waals surface area contributed by atoms with Gasteiger partial charge in [-0.25, -0.2) is 13.2 Å². The molecule has 0 saturated carbocycles. The Labute approximate surface area is 181 Å². The van der Waals surface area contributed by atoms with Crippen LogP contribution in [-0.4, -0.2) is 30.0 Å². The van der Waals surface area contributed by atoms with Crippen molar-refractivity contribution in [3.05, 3.63) is 68.5 Å². The molecule has 1 aliphatic heterocycles. The van der Waals surface area contributed by atoms with Crippen LogP contribution in [0.25, 0.3) is 11.4 Å². The Bertz CT molecular complexity index is 1310. The van der Waals surface area contributed by atoms with Crippen LogP contribution < -0.4 is 5.56 Å². The number of halogens is 1. The molecule has 156 valence electrons. The summed E-state index contributed by atoms with van der Waals surface area (Å²) in [6, 6.07) is 11.0. The maximum atomic E-state index is 12.9. The molecule has 1 aromatic carbocycles. The predicted octanol–water partition coefficient (Wildman–Crippen LogP) is 3.56. The number of aryl methyl sites for hydroxylation is 1. The zero-order valence-electron chi connectivity index (χ0n) is 16.3. The highest BCUT2D eigenvalue weighted by Gasteiger charge is 2.29. The molecule has 0 aliphatic carbocycles. The van der Waals surface area contributed by atoms with Gasteiger partial charge in [0.05, 0.1) is 26.9 Å². The Morgan fingerprint density at radius 2 is 1.90 bits per heavy atom. The summed E-state index contributed by atoms with van der Waals surface area (Å²) in [5.41, 5.74) is 1.49. The molecule has 0 atom stereocenters. The number of rotatable bonds is 4. The lowest BCUT2D eigenvalue weighted by atomic mass is 10.0. The molecular formula is C21H19BrN2O5S. The smallest absolute Gasteiger partial charge is 0.356 e.